The molecule has 0 aromatic rings. The van der Waals surface area contributed by atoms with Gasteiger partial charge in [0.05, 0.1) is 0 Å². The van der Waals surface area contributed by atoms with Gasteiger partial charge in [-0.3, -0.25) is 0 Å². The number of aliphatic hydroxyl groups excluding tert-OH is 1. The lowest BCUT2D eigenvalue weighted by atomic mass is 9.65. The van der Waals surface area contributed by atoms with Gasteiger partial charge in [-0.1, -0.05) is 12.8 Å². The molecule has 1 N–H and O–H groups in total. The van der Waals surface area contributed by atoms with Crippen LogP contribution in [0.4, 0.5) is 0 Å². The summed E-state index contributed by atoms with van der Waals surface area (Å²) in [5.74, 6) is 2.53. The Balaban J connectivity index is 2.01. The molecule has 0 aromatic heterocycles. The van der Waals surface area contributed by atoms with Crippen molar-refractivity contribution in [3.63, 3.8) is 0 Å². The molecule has 0 heterocycles. The van der Waals surface area contributed by atoms with Crippen LogP contribution in [-0.2, 0) is 0 Å². The molecule has 58 valence electrons. The van der Waals surface area contributed by atoms with Gasteiger partial charge >= 0.3 is 0 Å². The molecule has 0 unspecified atom stereocenters. The Morgan fingerprint density at radius 2 is 1.80 bits per heavy atom. The van der Waals surface area contributed by atoms with Crippen molar-refractivity contribution in [2.24, 2.45) is 17.8 Å². The maximum absolute atomic E-state index is 9.01. The van der Waals surface area contributed by atoms with Gasteiger partial charge in [-0.05, 0) is 37.0 Å². The summed E-state index contributed by atoms with van der Waals surface area (Å²) < 4.78 is 0. The van der Waals surface area contributed by atoms with Crippen molar-refractivity contribution in [1.82, 2.24) is 0 Å². The highest BCUT2D eigenvalue weighted by Crippen LogP contribution is 2.44. The Kier molecular flexibility index (Phi) is 1.69. The van der Waals surface area contributed by atoms with Gasteiger partial charge in [0.25, 0.3) is 0 Å². The third-order valence-electron chi connectivity index (χ3n) is 3.43. The van der Waals surface area contributed by atoms with Crippen molar-refractivity contribution < 1.29 is 5.11 Å². The van der Waals surface area contributed by atoms with Crippen LogP contribution in [0.1, 0.15) is 32.1 Å². The fourth-order valence-electron chi connectivity index (χ4n) is 2.74. The minimum atomic E-state index is 0.446. The van der Waals surface area contributed by atoms with E-state index in [0.29, 0.717) is 12.5 Å². The van der Waals surface area contributed by atoms with Crippen molar-refractivity contribution in [2.45, 2.75) is 32.1 Å². The van der Waals surface area contributed by atoms with Crippen LogP contribution >= 0.6 is 0 Å². The Morgan fingerprint density at radius 3 is 2.10 bits per heavy atom. The van der Waals surface area contributed by atoms with Crippen molar-refractivity contribution in [3.8, 4) is 0 Å². The SMILES string of the molecule is OC[C@@H]1CC2CCC1CC2. The van der Waals surface area contributed by atoms with Crippen LogP contribution in [0.3, 0.4) is 0 Å². The van der Waals surface area contributed by atoms with E-state index in [0.717, 1.165) is 11.8 Å². The van der Waals surface area contributed by atoms with Crippen molar-refractivity contribution >= 4 is 0 Å². The van der Waals surface area contributed by atoms with Crippen LogP contribution in [0.2, 0.25) is 0 Å². The van der Waals surface area contributed by atoms with Crippen LogP contribution in [-0.4, -0.2) is 11.7 Å². The van der Waals surface area contributed by atoms with Gasteiger partial charge in [0.1, 0.15) is 0 Å². The Labute approximate surface area is 62.4 Å². The third kappa shape index (κ3) is 0.968. The van der Waals surface area contributed by atoms with E-state index in [4.69, 9.17) is 5.11 Å². The van der Waals surface area contributed by atoms with Crippen LogP contribution in [0.25, 0.3) is 0 Å². The van der Waals surface area contributed by atoms with E-state index >= 15 is 0 Å². The molecule has 0 aromatic carbocycles. The zero-order chi connectivity index (χ0) is 6.97. The molecule has 3 aliphatic carbocycles. The van der Waals surface area contributed by atoms with Gasteiger partial charge in [-0.15, -0.1) is 0 Å². The standard InChI is InChI=1S/C9H16O/c10-6-9-5-7-1-3-8(9)4-2-7/h7-10H,1-6H2/t7?,8?,9-/m0/s1. The summed E-state index contributed by atoms with van der Waals surface area (Å²) in [6, 6.07) is 0. The molecular formula is C9H16O. The summed E-state index contributed by atoms with van der Waals surface area (Å²) in [7, 11) is 0. The first-order valence-corrected chi connectivity index (χ1v) is 4.51. The largest absolute Gasteiger partial charge is 0.396 e. The van der Waals surface area contributed by atoms with E-state index in [1.165, 1.54) is 32.1 Å². The molecule has 2 bridgehead atoms. The summed E-state index contributed by atoms with van der Waals surface area (Å²) in [6.07, 6.45) is 7.01. The number of hydrogen-bond donors (Lipinski definition) is 1. The van der Waals surface area contributed by atoms with Crippen LogP contribution in [0, 0.1) is 17.8 Å². The molecule has 3 rings (SSSR count). The number of rotatable bonds is 1. The zero-order valence-corrected chi connectivity index (χ0v) is 6.42. The van der Waals surface area contributed by atoms with Crippen LogP contribution < -0.4 is 0 Å². The molecule has 0 radical (unpaired) electrons. The lowest BCUT2D eigenvalue weighted by molar-refractivity contribution is 0.0537. The average molecular weight is 140 g/mol. The second-order valence-corrected chi connectivity index (χ2v) is 3.96. The summed E-state index contributed by atoms with van der Waals surface area (Å²) in [6.45, 7) is 0.446. The Morgan fingerprint density at radius 1 is 1.10 bits per heavy atom. The number of hydrogen-bond acceptors (Lipinski definition) is 1. The predicted octanol–water partition coefficient (Wildman–Crippen LogP) is 1.80. The molecule has 0 amide bonds. The summed E-state index contributed by atoms with van der Waals surface area (Å²) >= 11 is 0. The van der Waals surface area contributed by atoms with Gasteiger partial charge in [0, 0.05) is 6.61 Å². The molecule has 0 saturated heterocycles. The van der Waals surface area contributed by atoms with Gasteiger partial charge in [0.15, 0.2) is 0 Å². The van der Waals surface area contributed by atoms with E-state index in [1.807, 2.05) is 0 Å². The van der Waals surface area contributed by atoms with Gasteiger partial charge < -0.3 is 5.11 Å². The summed E-state index contributed by atoms with van der Waals surface area (Å²) in [5.41, 5.74) is 0. The van der Waals surface area contributed by atoms with Gasteiger partial charge in [0.2, 0.25) is 0 Å². The first-order chi connectivity index (χ1) is 4.90. The molecule has 1 heteroatoms. The molecule has 1 nitrogen and oxygen atoms in total. The first kappa shape index (κ1) is 6.66. The first-order valence-electron chi connectivity index (χ1n) is 4.51. The monoisotopic (exact) mass is 140 g/mol. The van der Waals surface area contributed by atoms with Gasteiger partial charge in [-0.25, -0.2) is 0 Å². The van der Waals surface area contributed by atoms with Crippen molar-refractivity contribution in [3.05, 3.63) is 0 Å². The molecular weight excluding hydrogens is 124 g/mol. The zero-order valence-electron chi connectivity index (χ0n) is 6.42. The molecule has 1 atom stereocenters. The highest BCUT2D eigenvalue weighted by molar-refractivity contribution is 4.85. The maximum Gasteiger partial charge on any atom is 0.0462 e. The topological polar surface area (TPSA) is 20.2 Å². The fraction of sp³-hybridized carbons (Fsp3) is 1.00. The molecule has 3 saturated carbocycles. The smallest absolute Gasteiger partial charge is 0.0462 e. The van der Waals surface area contributed by atoms with E-state index in [9.17, 15) is 0 Å². The number of aliphatic hydroxyl groups is 1. The second kappa shape index (κ2) is 2.54. The quantitative estimate of drug-likeness (QED) is 0.589. The molecule has 0 aliphatic heterocycles. The van der Waals surface area contributed by atoms with Crippen molar-refractivity contribution in [2.75, 3.05) is 6.61 Å². The summed E-state index contributed by atoms with van der Waals surface area (Å²) in [4.78, 5) is 0. The second-order valence-electron chi connectivity index (χ2n) is 3.96. The average Bonchev–Trinajstić information content (AvgIpc) is 2.06. The highest BCUT2D eigenvalue weighted by Gasteiger charge is 2.34. The minimum Gasteiger partial charge on any atom is -0.396 e. The molecule has 3 aliphatic rings. The highest BCUT2D eigenvalue weighted by atomic mass is 16.3. The Hall–Kier alpha value is -0.0400. The predicted molar refractivity (Wildman–Crippen MR) is 40.6 cm³/mol. The lowest BCUT2D eigenvalue weighted by Crippen LogP contribution is -2.32. The van der Waals surface area contributed by atoms with Crippen LogP contribution in [0.5, 0.6) is 0 Å². The molecule has 10 heavy (non-hydrogen) atoms. The normalized spacial score (nSPS) is 45.9. The Bertz CT molecular complexity index is 114. The number of fused-ring (bicyclic) bond motifs is 3. The molecule has 0 spiro atoms. The molecule has 3 fully saturated rings. The van der Waals surface area contributed by atoms with E-state index in [-0.39, 0.29) is 0 Å². The van der Waals surface area contributed by atoms with Gasteiger partial charge in [-0.2, -0.15) is 0 Å². The van der Waals surface area contributed by atoms with E-state index in [2.05, 4.69) is 0 Å². The summed E-state index contributed by atoms with van der Waals surface area (Å²) in [5, 5.41) is 9.01. The fourth-order valence-corrected chi connectivity index (χ4v) is 2.74. The lowest BCUT2D eigenvalue weighted by Gasteiger charge is -2.41. The van der Waals surface area contributed by atoms with Crippen molar-refractivity contribution in [1.29, 1.82) is 0 Å². The van der Waals surface area contributed by atoms with Crippen LogP contribution in [0.15, 0.2) is 0 Å². The maximum atomic E-state index is 9.01. The van der Waals surface area contributed by atoms with E-state index in [1.54, 1.807) is 0 Å². The third-order valence-corrected chi connectivity index (χ3v) is 3.43. The van der Waals surface area contributed by atoms with E-state index < -0.39 is 0 Å². The minimum absolute atomic E-state index is 0.446.